The molecule has 1 unspecified atom stereocenters. The molecule has 0 aromatic heterocycles. The first-order valence-corrected chi connectivity index (χ1v) is 11.8. The Labute approximate surface area is 179 Å². The minimum atomic E-state index is -0.707. The highest BCUT2D eigenvalue weighted by Gasteiger charge is 2.34. The highest BCUT2D eigenvalue weighted by Crippen LogP contribution is 2.21. The Hall–Kier alpha value is -1.26. The largest absolute Gasteiger partial charge is 0.464 e. The maximum atomic E-state index is 12.3. The molecule has 0 spiro atoms. The summed E-state index contributed by atoms with van der Waals surface area (Å²) < 4.78 is 9.97. The molecule has 0 rings (SSSR count). The molecule has 0 aromatic rings. The first kappa shape index (κ1) is 27.7. The molecule has 0 saturated heterocycles. The lowest BCUT2D eigenvalue weighted by Crippen LogP contribution is -2.49. The van der Waals surface area contributed by atoms with Gasteiger partial charge in [-0.15, -0.1) is 0 Å². The summed E-state index contributed by atoms with van der Waals surface area (Å²) in [5.41, 5.74) is -0.430. The van der Waals surface area contributed by atoms with Crippen molar-refractivity contribution < 1.29 is 19.1 Å². The zero-order valence-electron chi connectivity index (χ0n) is 19.8. The third-order valence-electron chi connectivity index (χ3n) is 5.29. The topological polar surface area (TPSA) is 64.6 Å². The summed E-state index contributed by atoms with van der Waals surface area (Å²) in [5.74, 6) is -0.391. The summed E-state index contributed by atoms with van der Waals surface area (Å²) in [5, 5.41) is 2.57. The minimum absolute atomic E-state index is 0.391. The Morgan fingerprint density at radius 3 is 1.55 bits per heavy atom. The third kappa shape index (κ3) is 16.2. The van der Waals surface area contributed by atoms with E-state index in [1.54, 1.807) is 0 Å². The fourth-order valence-corrected chi connectivity index (χ4v) is 3.36. The van der Waals surface area contributed by atoms with Crippen LogP contribution in [0.3, 0.4) is 0 Å². The van der Waals surface area contributed by atoms with Crippen LogP contribution in [0, 0.1) is 5.41 Å². The van der Waals surface area contributed by atoms with Gasteiger partial charge in [-0.05, 0) is 11.8 Å². The number of methoxy groups -OCH3 is 1. The number of nitrogens with one attached hydrogen (secondary N) is 1. The molecule has 0 heterocycles. The van der Waals surface area contributed by atoms with Gasteiger partial charge < -0.3 is 14.8 Å². The normalized spacial score (nSPS) is 12.4. The van der Waals surface area contributed by atoms with Gasteiger partial charge in [0.15, 0.2) is 0 Å². The quantitative estimate of drug-likeness (QED) is 0.211. The number of alkyl carbamates (subject to hydrolysis) is 1. The summed E-state index contributed by atoms with van der Waals surface area (Å²) >= 11 is 0. The van der Waals surface area contributed by atoms with E-state index in [1.807, 2.05) is 20.8 Å². The molecule has 0 aliphatic carbocycles. The predicted molar refractivity (Wildman–Crippen MR) is 120 cm³/mol. The summed E-state index contributed by atoms with van der Waals surface area (Å²) in [7, 11) is 1.29. The first-order valence-electron chi connectivity index (χ1n) is 11.8. The van der Waals surface area contributed by atoms with Gasteiger partial charge in [-0.3, -0.25) is 0 Å². The predicted octanol–water partition coefficient (Wildman–Crippen LogP) is 6.78. The summed E-state index contributed by atoms with van der Waals surface area (Å²) in [6, 6.07) is -0.707. The van der Waals surface area contributed by atoms with E-state index in [0.29, 0.717) is 6.61 Å². The van der Waals surface area contributed by atoms with Gasteiger partial charge in [-0.1, -0.05) is 111 Å². The Morgan fingerprint density at radius 2 is 1.17 bits per heavy atom. The molecule has 1 atom stereocenters. The number of amides is 1. The van der Waals surface area contributed by atoms with Crippen LogP contribution in [-0.4, -0.2) is 31.8 Å². The summed E-state index contributed by atoms with van der Waals surface area (Å²) in [6.07, 6.45) is 17.5. The smallest absolute Gasteiger partial charge is 0.407 e. The van der Waals surface area contributed by atoms with Crippen molar-refractivity contribution in [2.75, 3.05) is 13.7 Å². The van der Waals surface area contributed by atoms with Crippen molar-refractivity contribution in [3.8, 4) is 0 Å². The van der Waals surface area contributed by atoms with Gasteiger partial charge in [-0.2, -0.15) is 0 Å². The van der Waals surface area contributed by atoms with E-state index in [2.05, 4.69) is 17.0 Å². The van der Waals surface area contributed by atoms with Crippen molar-refractivity contribution in [2.45, 2.75) is 124 Å². The molecule has 29 heavy (non-hydrogen) atoms. The Bertz CT molecular complexity index is 418. The molecule has 0 bridgehead atoms. The van der Waals surface area contributed by atoms with Gasteiger partial charge in [0.1, 0.15) is 6.04 Å². The first-order chi connectivity index (χ1) is 13.8. The molecule has 1 N–H and O–H groups in total. The van der Waals surface area contributed by atoms with Crippen LogP contribution in [0.25, 0.3) is 0 Å². The van der Waals surface area contributed by atoms with Gasteiger partial charge in [0.25, 0.3) is 0 Å². The number of carbonyl (C=O) groups excluding carboxylic acids is 2. The number of rotatable bonds is 17. The van der Waals surface area contributed by atoms with E-state index in [4.69, 9.17) is 4.74 Å². The number of carbonyl (C=O) groups is 2. The molecule has 0 saturated carbocycles. The van der Waals surface area contributed by atoms with E-state index in [-0.39, 0.29) is 0 Å². The van der Waals surface area contributed by atoms with E-state index in [0.717, 1.165) is 12.8 Å². The zero-order valence-corrected chi connectivity index (χ0v) is 19.8. The van der Waals surface area contributed by atoms with Crippen molar-refractivity contribution in [1.29, 1.82) is 0 Å². The lowest BCUT2D eigenvalue weighted by molar-refractivity contribution is -0.149. The summed E-state index contributed by atoms with van der Waals surface area (Å²) in [6.45, 7) is 8.34. The van der Waals surface area contributed by atoms with E-state index < -0.39 is 23.5 Å². The fraction of sp³-hybridized carbons (Fsp3) is 0.917. The zero-order chi connectivity index (χ0) is 22.0. The maximum absolute atomic E-state index is 12.3. The summed E-state index contributed by atoms with van der Waals surface area (Å²) in [4.78, 5) is 23.7. The number of hydrogen-bond acceptors (Lipinski definition) is 4. The van der Waals surface area contributed by atoms with Crippen molar-refractivity contribution in [2.24, 2.45) is 5.41 Å². The molecule has 0 fully saturated rings. The molecule has 0 radical (unpaired) electrons. The van der Waals surface area contributed by atoms with Crippen LogP contribution in [0.2, 0.25) is 0 Å². The van der Waals surface area contributed by atoms with Crippen LogP contribution in [0.15, 0.2) is 0 Å². The molecule has 0 aromatic carbocycles. The molecule has 0 aliphatic rings. The highest BCUT2D eigenvalue weighted by atomic mass is 16.5. The Balaban J connectivity index is 3.61. The lowest BCUT2D eigenvalue weighted by Gasteiger charge is -2.28. The van der Waals surface area contributed by atoms with Gasteiger partial charge in [0.05, 0.1) is 13.7 Å². The van der Waals surface area contributed by atoms with Crippen LogP contribution in [0.5, 0.6) is 0 Å². The van der Waals surface area contributed by atoms with Gasteiger partial charge >= 0.3 is 12.1 Å². The van der Waals surface area contributed by atoms with Gasteiger partial charge in [0.2, 0.25) is 0 Å². The number of ether oxygens (including phenoxy) is 2. The average Bonchev–Trinajstić information content (AvgIpc) is 2.67. The van der Waals surface area contributed by atoms with Crippen molar-refractivity contribution >= 4 is 12.1 Å². The van der Waals surface area contributed by atoms with Crippen LogP contribution in [0.1, 0.15) is 118 Å². The molecule has 5 heteroatoms. The maximum Gasteiger partial charge on any atom is 0.407 e. The fourth-order valence-electron chi connectivity index (χ4n) is 3.36. The SMILES string of the molecule is CCCCCCCCCCCCCCCCOC(=O)C(NC(=O)OC)C(C)(C)C. The van der Waals surface area contributed by atoms with Crippen molar-refractivity contribution in [3.63, 3.8) is 0 Å². The third-order valence-corrected chi connectivity index (χ3v) is 5.29. The highest BCUT2D eigenvalue weighted by molar-refractivity contribution is 5.82. The van der Waals surface area contributed by atoms with Crippen molar-refractivity contribution in [3.05, 3.63) is 0 Å². The van der Waals surface area contributed by atoms with Crippen LogP contribution < -0.4 is 5.32 Å². The van der Waals surface area contributed by atoms with E-state index in [1.165, 1.54) is 84.2 Å². The van der Waals surface area contributed by atoms with Crippen LogP contribution in [0.4, 0.5) is 4.79 Å². The molecule has 172 valence electrons. The molecular formula is C24H47NO4. The van der Waals surface area contributed by atoms with Crippen LogP contribution in [-0.2, 0) is 14.3 Å². The number of esters is 1. The second-order valence-corrected chi connectivity index (χ2v) is 9.20. The monoisotopic (exact) mass is 413 g/mol. The van der Waals surface area contributed by atoms with Crippen LogP contribution >= 0.6 is 0 Å². The number of unbranched alkanes of at least 4 members (excludes halogenated alkanes) is 13. The average molecular weight is 414 g/mol. The minimum Gasteiger partial charge on any atom is -0.464 e. The van der Waals surface area contributed by atoms with Gasteiger partial charge in [0, 0.05) is 0 Å². The van der Waals surface area contributed by atoms with Gasteiger partial charge in [-0.25, -0.2) is 9.59 Å². The lowest BCUT2D eigenvalue weighted by atomic mass is 9.87. The second-order valence-electron chi connectivity index (χ2n) is 9.20. The molecular weight excluding hydrogens is 366 g/mol. The Morgan fingerprint density at radius 1 is 0.759 bits per heavy atom. The molecule has 0 aliphatic heterocycles. The number of hydrogen-bond donors (Lipinski definition) is 1. The molecule has 5 nitrogen and oxygen atoms in total. The molecule has 1 amide bonds. The van der Waals surface area contributed by atoms with Crippen molar-refractivity contribution in [1.82, 2.24) is 5.32 Å². The van der Waals surface area contributed by atoms with E-state index in [9.17, 15) is 9.59 Å². The Kier molecular flexibility index (Phi) is 16.8. The second kappa shape index (κ2) is 17.6. The van der Waals surface area contributed by atoms with E-state index >= 15 is 0 Å². The standard InChI is InChI=1S/C24H47NO4/c1-6-7-8-9-10-11-12-13-14-15-16-17-18-19-20-29-22(26)21(24(2,3)4)25-23(27)28-5/h21H,6-20H2,1-5H3,(H,25,27).